The van der Waals surface area contributed by atoms with E-state index in [2.05, 4.69) is 26.4 Å². The van der Waals surface area contributed by atoms with Crippen LogP contribution in [0, 0.1) is 20.8 Å². The summed E-state index contributed by atoms with van der Waals surface area (Å²) in [6, 6.07) is 7.10. The van der Waals surface area contributed by atoms with Crippen LogP contribution in [0.15, 0.2) is 35.3 Å². The van der Waals surface area contributed by atoms with E-state index in [1.807, 2.05) is 19.9 Å². The van der Waals surface area contributed by atoms with Gasteiger partial charge in [-0.2, -0.15) is 0 Å². The van der Waals surface area contributed by atoms with Crippen molar-refractivity contribution in [1.82, 2.24) is 19.5 Å². The average Bonchev–Trinajstić information content (AvgIpc) is 3.03. The Balaban J connectivity index is 1.67. The predicted molar refractivity (Wildman–Crippen MR) is 116 cm³/mol. The van der Waals surface area contributed by atoms with Crippen LogP contribution in [0.25, 0.3) is 11.5 Å². The molecular formula is C23H26N4O4. The molecule has 8 heteroatoms. The number of aromatic amines is 1. The number of hydrogen-bond donors (Lipinski definition) is 1. The van der Waals surface area contributed by atoms with Crippen molar-refractivity contribution < 1.29 is 14.3 Å². The van der Waals surface area contributed by atoms with E-state index < -0.39 is 11.5 Å². The first-order valence-corrected chi connectivity index (χ1v) is 10.2. The van der Waals surface area contributed by atoms with Gasteiger partial charge >= 0.3 is 5.97 Å². The minimum absolute atomic E-state index is 0.207. The summed E-state index contributed by atoms with van der Waals surface area (Å²) in [5, 5.41) is 0. The molecule has 0 aliphatic rings. The van der Waals surface area contributed by atoms with E-state index in [0.717, 1.165) is 24.4 Å². The molecule has 0 unspecified atom stereocenters. The molecule has 0 spiro atoms. The molecule has 162 valence electrons. The number of carbonyl (C=O) groups is 2. The van der Waals surface area contributed by atoms with Crippen LogP contribution in [0.1, 0.15) is 46.3 Å². The molecular weight excluding hydrogens is 396 g/mol. The Kier molecular flexibility index (Phi) is 6.79. The maximum absolute atomic E-state index is 12.5. The Morgan fingerprint density at radius 1 is 1.19 bits per heavy atom. The van der Waals surface area contributed by atoms with E-state index in [-0.39, 0.29) is 24.4 Å². The molecule has 8 nitrogen and oxygen atoms in total. The first kappa shape index (κ1) is 22.1. The highest BCUT2D eigenvalue weighted by Crippen LogP contribution is 2.17. The van der Waals surface area contributed by atoms with E-state index in [4.69, 9.17) is 4.74 Å². The van der Waals surface area contributed by atoms with Crippen LogP contribution in [-0.4, -0.2) is 37.9 Å². The smallest absolute Gasteiger partial charge is 0.310 e. The third-order valence-electron chi connectivity index (χ3n) is 5.14. The van der Waals surface area contributed by atoms with Crippen molar-refractivity contribution in [1.29, 1.82) is 0 Å². The Morgan fingerprint density at radius 3 is 2.61 bits per heavy atom. The first-order valence-electron chi connectivity index (χ1n) is 10.2. The van der Waals surface area contributed by atoms with Crippen LogP contribution < -0.4 is 5.56 Å². The van der Waals surface area contributed by atoms with Gasteiger partial charge in [-0.15, -0.1) is 0 Å². The highest BCUT2D eigenvalue weighted by Gasteiger charge is 2.19. The van der Waals surface area contributed by atoms with Crippen LogP contribution >= 0.6 is 0 Å². The van der Waals surface area contributed by atoms with Gasteiger partial charge in [0.2, 0.25) is 5.78 Å². The molecule has 0 fully saturated rings. The molecule has 0 aromatic carbocycles. The van der Waals surface area contributed by atoms with E-state index in [1.165, 1.54) is 0 Å². The second kappa shape index (κ2) is 9.51. The topological polar surface area (TPSA) is 107 Å². The molecule has 3 rings (SSSR count). The molecule has 1 N–H and O–H groups in total. The third-order valence-corrected chi connectivity index (χ3v) is 5.14. The van der Waals surface area contributed by atoms with Crippen molar-refractivity contribution in [2.45, 2.75) is 47.1 Å². The summed E-state index contributed by atoms with van der Waals surface area (Å²) < 4.78 is 7.24. The Morgan fingerprint density at radius 2 is 1.97 bits per heavy atom. The van der Waals surface area contributed by atoms with E-state index in [9.17, 15) is 14.4 Å². The highest BCUT2D eigenvalue weighted by atomic mass is 16.5. The van der Waals surface area contributed by atoms with Crippen LogP contribution in [-0.2, 0) is 22.5 Å². The number of carbonyl (C=O) groups excluding carboxylic acids is 2. The Bertz CT molecular complexity index is 1160. The SMILES string of the molecule is CCCn1c(C)cc(C(=O)COC(=O)Cc2c(C)nc(-c3ccccn3)[nH]c2=O)c1C. The molecule has 0 aliphatic heterocycles. The molecule has 0 saturated carbocycles. The van der Waals surface area contributed by atoms with Crippen molar-refractivity contribution in [3.05, 3.63) is 69.0 Å². The Hall–Kier alpha value is -3.55. The zero-order valence-electron chi connectivity index (χ0n) is 18.2. The number of aryl methyl sites for hydroxylation is 2. The molecule has 3 heterocycles. The van der Waals surface area contributed by atoms with Crippen molar-refractivity contribution in [2.75, 3.05) is 6.61 Å². The van der Waals surface area contributed by atoms with Crippen LogP contribution in [0.2, 0.25) is 0 Å². The van der Waals surface area contributed by atoms with Gasteiger partial charge in [0.1, 0.15) is 5.69 Å². The normalized spacial score (nSPS) is 10.8. The molecule has 0 radical (unpaired) electrons. The first-order chi connectivity index (χ1) is 14.8. The molecule has 0 amide bonds. The molecule has 0 bridgehead atoms. The summed E-state index contributed by atoms with van der Waals surface area (Å²) in [7, 11) is 0. The van der Waals surface area contributed by atoms with Crippen molar-refractivity contribution in [3.63, 3.8) is 0 Å². The number of esters is 1. The second-order valence-corrected chi connectivity index (χ2v) is 7.39. The van der Waals surface area contributed by atoms with Gasteiger partial charge in [-0.3, -0.25) is 19.4 Å². The van der Waals surface area contributed by atoms with Crippen molar-refractivity contribution in [2.24, 2.45) is 0 Å². The number of nitrogens with one attached hydrogen (secondary N) is 1. The van der Waals surface area contributed by atoms with E-state index in [0.29, 0.717) is 22.8 Å². The lowest BCUT2D eigenvalue weighted by Gasteiger charge is -2.09. The summed E-state index contributed by atoms with van der Waals surface area (Å²) in [6.07, 6.45) is 2.30. The van der Waals surface area contributed by atoms with Crippen LogP contribution in [0.5, 0.6) is 0 Å². The van der Waals surface area contributed by atoms with Crippen LogP contribution in [0.4, 0.5) is 0 Å². The highest BCUT2D eigenvalue weighted by molar-refractivity contribution is 5.99. The van der Waals surface area contributed by atoms with Crippen molar-refractivity contribution >= 4 is 11.8 Å². The largest absolute Gasteiger partial charge is 0.457 e. The van der Waals surface area contributed by atoms with Crippen molar-refractivity contribution in [3.8, 4) is 11.5 Å². The number of rotatable bonds is 8. The Labute approximate surface area is 180 Å². The fourth-order valence-electron chi connectivity index (χ4n) is 3.51. The molecule has 3 aromatic heterocycles. The molecule has 3 aromatic rings. The summed E-state index contributed by atoms with van der Waals surface area (Å²) in [6.45, 7) is 8.01. The van der Waals surface area contributed by atoms with Crippen LogP contribution in [0.3, 0.4) is 0 Å². The zero-order chi connectivity index (χ0) is 22.5. The molecule has 31 heavy (non-hydrogen) atoms. The lowest BCUT2D eigenvalue weighted by Crippen LogP contribution is -2.23. The molecule has 0 aliphatic carbocycles. The number of ketones is 1. The monoisotopic (exact) mass is 422 g/mol. The fourth-order valence-corrected chi connectivity index (χ4v) is 3.51. The third kappa shape index (κ3) is 4.96. The second-order valence-electron chi connectivity index (χ2n) is 7.39. The quantitative estimate of drug-likeness (QED) is 0.442. The summed E-state index contributed by atoms with van der Waals surface area (Å²) in [5.41, 5.74) is 3.13. The number of hydrogen-bond acceptors (Lipinski definition) is 6. The summed E-state index contributed by atoms with van der Waals surface area (Å²) >= 11 is 0. The summed E-state index contributed by atoms with van der Waals surface area (Å²) in [4.78, 5) is 48.5. The van der Waals surface area contributed by atoms with Gasteiger partial charge in [0, 0.05) is 41.0 Å². The minimum Gasteiger partial charge on any atom is -0.457 e. The predicted octanol–water partition coefficient (Wildman–Crippen LogP) is 2.94. The summed E-state index contributed by atoms with van der Waals surface area (Å²) in [5.74, 6) is -0.590. The lowest BCUT2D eigenvalue weighted by atomic mass is 10.1. The molecule has 0 atom stereocenters. The van der Waals surface area contributed by atoms with Gasteiger partial charge in [-0.05, 0) is 45.4 Å². The number of aromatic nitrogens is 4. The van der Waals surface area contributed by atoms with Gasteiger partial charge in [0.05, 0.1) is 6.42 Å². The van der Waals surface area contributed by atoms with Gasteiger partial charge in [0.25, 0.3) is 5.56 Å². The lowest BCUT2D eigenvalue weighted by molar-refractivity contribution is -0.141. The maximum Gasteiger partial charge on any atom is 0.310 e. The van der Waals surface area contributed by atoms with E-state index >= 15 is 0 Å². The maximum atomic E-state index is 12.5. The van der Waals surface area contributed by atoms with E-state index in [1.54, 1.807) is 31.3 Å². The fraction of sp³-hybridized carbons (Fsp3) is 0.348. The number of nitrogens with zero attached hydrogens (tertiary/aromatic N) is 3. The molecule has 0 saturated heterocycles. The van der Waals surface area contributed by atoms with Gasteiger partial charge in [0.15, 0.2) is 12.4 Å². The van der Waals surface area contributed by atoms with Gasteiger partial charge < -0.3 is 14.3 Å². The number of ether oxygens (including phenoxy) is 1. The zero-order valence-corrected chi connectivity index (χ0v) is 18.2. The average molecular weight is 422 g/mol. The van der Waals surface area contributed by atoms with Gasteiger partial charge in [-0.1, -0.05) is 13.0 Å². The number of Topliss-reactive ketones (excluding diaryl/α,β-unsaturated/α-hetero) is 1. The van der Waals surface area contributed by atoms with Gasteiger partial charge in [-0.25, -0.2) is 4.98 Å². The minimum atomic E-state index is -0.656. The number of pyridine rings is 1. The number of H-pyrrole nitrogens is 1. The standard InChI is InChI=1S/C23H26N4O4/c1-5-10-27-14(2)11-18(16(27)4)20(28)13-31-21(29)12-17-15(3)25-22(26-23(17)30)19-8-6-7-9-24-19/h6-9,11H,5,10,12-13H2,1-4H3,(H,25,26,30).